The van der Waals surface area contributed by atoms with Gasteiger partial charge in [0.15, 0.2) is 0 Å². The molecule has 1 unspecified atom stereocenters. The van der Waals surface area contributed by atoms with Gasteiger partial charge in [-0.25, -0.2) is 0 Å². The molecule has 1 atom stereocenters. The Balaban J connectivity index is 2.22. The largest absolute Gasteiger partial charge is 0.271 e. The van der Waals surface area contributed by atoms with E-state index >= 15 is 0 Å². The van der Waals surface area contributed by atoms with E-state index in [1.54, 1.807) is 23.1 Å². The highest BCUT2D eigenvalue weighted by Crippen LogP contribution is 2.30. The smallest absolute Gasteiger partial charge is 0.0519 e. The molecule has 3 N–H and O–H groups in total. The normalized spacial score (nSPS) is 12.6. The first-order valence-corrected chi connectivity index (χ1v) is 8.46. The van der Waals surface area contributed by atoms with E-state index in [1.165, 1.54) is 15.3 Å². The predicted molar refractivity (Wildman–Crippen MR) is 84.0 cm³/mol. The maximum atomic E-state index is 5.72. The Morgan fingerprint density at radius 3 is 2.83 bits per heavy atom. The van der Waals surface area contributed by atoms with Crippen LogP contribution in [0.2, 0.25) is 0 Å². The van der Waals surface area contributed by atoms with Gasteiger partial charge in [0.05, 0.1) is 6.04 Å². The van der Waals surface area contributed by atoms with Gasteiger partial charge in [0.25, 0.3) is 0 Å². The highest BCUT2D eigenvalue weighted by Gasteiger charge is 2.14. The molecule has 0 aliphatic heterocycles. The summed E-state index contributed by atoms with van der Waals surface area (Å²) < 4.78 is 1.14. The van der Waals surface area contributed by atoms with Gasteiger partial charge in [-0.15, -0.1) is 23.1 Å². The minimum atomic E-state index is 0.152. The topological polar surface area (TPSA) is 38.0 Å². The predicted octanol–water partition coefficient (Wildman–Crippen LogP) is 3.98. The Kier molecular flexibility index (Phi) is 5.26. The van der Waals surface area contributed by atoms with E-state index in [0.717, 1.165) is 10.9 Å². The van der Waals surface area contributed by atoms with Crippen LogP contribution >= 0.6 is 39.0 Å². The van der Waals surface area contributed by atoms with Crippen LogP contribution in [0.25, 0.3) is 0 Å². The summed E-state index contributed by atoms with van der Waals surface area (Å²) in [6.07, 6.45) is 3.00. The lowest BCUT2D eigenvalue weighted by atomic mass is 10.0. The molecule has 96 valence electrons. The molecule has 0 radical (unpaired) electrons. The quantitative estimate of drug-likeness (QED) is 0.490. The molecule has 5 heteroatoms. The Bertz CT molecular complexity index is 513. The van der Waals surface area contributed by atoms with Crippen molar-refractivity contribution in [1.82, 2.24) is 5.43 Å². The molecule has 2 rings (SSSR count). The van der Waals surface area contributed by atoms with Crippen molar-refractivity contribution in [2.45, 2.75) is 17.4 Å². The molecule has 0 saturated carbocycles. The molecule has 1 aromatic heterocycles. The van der Waals surface area contributed by atoms with Gasteiger partial charge >= 0.3 is 0 Å². The average molecular weight is 343 g/mol. The van der Waals surface area contributed by atoms with Gasteiger partial charge in [-0.3, -0.25) is 11.3 Å². The summed E-state index contributed by atoms with van der Waals surface area (Å²) in [5, 5.41) is 2.10. The van der Waals surface area contributed by atoms with Crippen LogP contribution in [-0.4, -0.2) is 6.26 Å². The molecule has 2 nitrogen and oxygen atoms in total. The van der Waals surface area contributed by atoms with Crippen LogP contribution in [0.1, 0.15) is 16.5 Å². The third kappa shape index (κ3) is 3.36. The first kappa shape index (κ1) is 14.1. The molecule has 0 saturated heterocycles. The van der Waals surface area contributed by atoms with Crippen LogP contribution in [-0.2, 0) is 6.42 Å². The lowest BCUT2D eigenvalue weighted by Gasteiger charge is -2.18. The maximum Gasteiger partial charge on any atom is 0.0519 e. The Hall–Kier alpha value is -0.330. The monoisotopic (exact) mass is 342 g/mol. The van der Waals surface area contributed by atoms with Gasteiger partial charge in [-0.1, -0.05) is 18.2 Å². The molecule has 1 heterocycles. The van der Waals surface area contributed by atoms with Crippen molar-refractivity contribution >= 4 is 39.0 Å². The van der Waals surface area contributed by atoms with E-state index in [2.05, 4.69) is 63.3 Å². The van der Waals surface area contributed by atoms with Crippen LogP contribution in [0.5, 0.6) is 0 Å². The number of nitrogens with two attached hydrogens (primary N) is 1. The summed E-state index contributed by atoms with van der Waals surface area (Å²) in [7, 11) is 0. The maximum absolute atomic E-state index is 5.72. The Morgan fingerprint density at radius 1 is 1.44 bits per heavy atom. The van der Waals surface area contributed by atoms with Gasteiger partial charge in [0, 0.05) is 26.0 Å². The van der Waals surface area contributed by atoms with Gasteiger partial charge in [0.1, 0.15) is 0 Å². The number of halogens is 1. The van der Waals surface area contributed by atoms with Crippen molar-refractivity contribution in [2.75, 3.05) is 6.26 Å². The molecule has 2 aromatic rings. The van der Waals surface area contributed by atoms with Crippen LogP contribution in [0.3, 0.4) is 0 Å². The second kappa shape index (κ2) is 6.73. The van der Waals surface area contributed by atoms with Crippen LogP contribution in [0.15, 0.2) is 45.1 Å². The van der Waals surface area contributed by atoms with E-state index in [4.69, 9.17) is 5.84 Å². The van der Waals surface area contributed by atoms with Crippen molar-refractivity contribution in [3.8, 4) is 0 Å². The first-order valence-electron chi connectivity index (χ1n) is 5.56. The molecule has 0 aliphatic carbocycles. The second-order valence-corrected chi connectivity index (χ2v) is 6.66. The molecule has 0 amide bonds. The first-order chi connectivity index (χ1) is 8.74. The molecular formula is C13H15BrN2S2. The summed E-state index contributed by atoms with van der Waals surface area (Å²) in [6.45, 7) is 0. The van der Waals surface area contributed by atoms with E-state index in [0.29, 0.717) is 0 Å². The van der Waals surface area contributed by atoms with Gasteiger partial charge < -0.3 is 0 Å². The zero-order valence-electron chi connectivity index (χ0n) is 10.0. The minimum Gasteiger partial charge on any atom is -0.271 e. The lowest BCUT2D eigenvalue weighted by Crippen LogP contribution is -2.29. The number of rotatable bonds is 5. The van der Waals surface area contributed by atoms with E-state index < -0.39 is 0 Å². The van der Waals surface area contributed by atoms with Crippen molar-refractivity contribution in [1.29, 1.82) is 0 Å². The number of hydrogen-bond acceptors (Lipinski definition) is 4. The van der Waals surface area contributed by atoms with Crippen LogP contribution < -0.4 is 11.3 Å². The summed E-state index contributed by atoms with van der Waals surface area (Å²) in [5.41, 5.74) is 4.19. The fourth-order valence-electron chi connectivity index (χ4n) is 1.88. The Morgan fingerprint density at radius 2 is 2.22 bits per heavy atom. The number of hydrazine groups is 1. The van der Waals surface area contributed by atoms with Crippen LogP contribution in [0.4, 0.5) is 0 Å². The number of thioether (sulfide) groups is 1. The third-order valence-electron chi connectivity index (χ3n) is 2.74. The van der Waals surface area contributed by atoms with Crippen molar-refractivity contribution in [3.05, 3.63) is 50.6 Å². The highest BCUT2D eigenvalue weighted by atomic mass is 79.9. The SMILES string of the molecule is CSc1ccccc1C(Cc1cc(Br)cs1)NN. The zero-order chi connectivity index (χ0) is 13.0. The van der Waals surface area contributed by atoms with E-state index in [9.17, 15) is 0 Å². The lowest BCUT2D eigenvalue weighted by molar-refractivity contribution is 0.548. The van der Waals surface area contributed by atoms with Crippen molar-refractivity contribution < 1.29 is 0 Å². The number of hydrogen-bond donors (Lipinski definition) is 2. The fourth-order valence-corrected chi connectivity index (χ4v) is 4.03. The Labute approximate surface area is 124 Å². The third-order valence-corrected chi connectivity index (χ3v) is 5.27. The van der Waals surface area contributed by atoms with E-state index in [-0.39, 0.29) is 6.04 Å². The summed E-state index contributed by atoms with van der Waals surface area (Å²) in [5.74, 6) is 5.72. The van der Waals surface area contributed by atoms with Gasteiger partial charge in [0.2, 0.25) is 0 Å². The number of nitrogens with one attached hydrogen (secondary N) is 1. The molecule has 0 spiro atoms. The highest BCUT2D eigenvalue weighted by molar-refractivity contribution is 9.10. The molecular weight excluding hydrogens is 328 g/mol. The molecule has 0 fully saturated rings. The van der Waals surface area contributed by atoms with Crippen molar-refractivity contribution in [3.63, 3.8) is 0 Å². The minimum absolute atomic E-state index is 0.152. The van der Waals surface area contributed by atoms with Gasteiger partial charge in [-0.05, 0) is 39.9 Å². The van der Waals surface area contributed by atoms with Gasteiger partial charge in [-0.2, -0.15) is 0 Å². The molecule has 0 aliphatic rings. The standard InChI is InChI=1S/C13H15BrN2S2/c1-17-13-5-3-2-4-11(13)12(16-15)7-10-6-9(14)8-18-10/h2-6,8,12,16H,7,15H2,1H3. The zero-order valence-corrected chi connectivity index (χ0v) is 13.2. The number of thiophene rings is 1. The second-order valence-electron chi connectivity index (χ2n) is 3.90. The summed E-state index contributed by atoms with van der Waals surface area (Å²) >= 11 is 6.99. The average Bonchev–Trinajstić information content (AvgIpc) is 2.81. The van der Waals surface area contributed by atoms with Crippen molar-refractivity contribution in [2.24, 2.45) is 5.84 Å². The fraction of sp³-hybridized carbons (Fsp3) is 0.231. The van der Waals surface area contributed by atoms with E-state index in [1.807, 2.05) is 0 Å². The molecule has 0 bridgehead atoms. The molecule has 18 heavy (non-hydrogen) atoms. The number of benzene rings is 1. The summed E-state index contributed by atoms with van der Waals surface area (Å²) in [6, 6.07) is 10.7. The summed E-state index contributed by atoms with van der Waals surface area (Å²) in [4.78, 5) is 2.59. The van der Waals surface area contributed by atoms with Crippen LogP contribution in [0, 0.1) is 0 Å². The molecule has 1 aromatic carbocycles.